The van der Waals surface area contributed by atoms with Crippen molar-refractivity contribution in [3.63, 3.8) is 0 Å². The second-order valence-electron chi connectivity index (χ2n) is 3.48. The number of halogens is 1. The molecule has 2 fully saturated rings. The lowest BCUT2D eigenvalue weighted by atomic mass is 10.1. The van der Waals surface area contributed by atoms with Crippen molar-refractivity contribution < 1.29 is 4.39 Å². The van der Waals surface area contributed by atoms with Crippen LogP contribution in [-0.4, -0.2) is 18.8 Å². The molecule has 58 valence electrons. The molecule has 0 bridgehead atoms. The summed E-state index contributed by atoms with van der Waals surface area (Å²) in [6.07, 6.45) is 3.93. The van der Waals surface area contributed by atoms with Gasteiger partial charge >= 0.3 is 0 Å². The molecule has 1 aliphatic heterocycles. The van der Waals surface area contributed by atoms with Crippen LogP contribution >= 0.6 is 0 Å². The van der Waals surface area contributed by atoms with Gasteiger partial charge in [-0.05, 0) is 38.1 Å². The molecule has 2 rings (SSSR count). The van der Waals surface area contributed by atoms with Crippen LogP contribution < -0.4 is 5.32 Å². The Hall–Kier alpha value is -0.110. The Labute approximate surface area is 61.0 Å². The van der Waals surface area contributed by atoms with Gasteiger partial charge in [0.2, 0.25) is 0 Å². The van der Waals surface area contributed by atoms with Gasteiger partial charge in [0.15, 0.2) is 0 Å². The molecule has 0 aromatic heterocycles. The van der Waals surface area contributed by atoms with Crippen molar-refractivity contribution in [3.05, 3.63) is 0 Å². The zero-order chi connectivity index (χ0) is 6.97. The molecule has 1 N–H and O–H groups in total. The van der Waals surface area contributed by atoms with E-state index < -0.39 is 6.17 Å². The molecule has 0 aromatic rings. The third-order valence-electron chi connectivity index (χ3n) is 2.56. The monoisotopic (exact) mass is 143 g/mol. The normalized spacial score (nSPS) is 36.3. The molecule has 1 aliphatic carbocycles. The van der Waals surface area contributed by atoms with Crippen LogP contribution in [0.25, 0.3) is 0 Å². The molecule has 2 atom stereocenters. The Balaban J connectivity index is 1.84. The van der Waals surface area contributed by atoms with Crippen LogP contribution in [0.15, 0.2) is 0 Å². The molecule has 0 radical (unpaired) electrons. The van der Waals surface area contributed by atoms with Crippen molar-refractivity contribution in [2.45, 2.75) is 37.9 Å². The molecule has 1 heterocycles. The molecule has 2 heteroatoms. The SMILES string of the molecule is FC(C1CC1)C1CCCN1. The van der Waals surface area contributed by atoms with E-state index in [1.54, 1.807) is 0 Å². The summed E-state index contributed by atoms with van der Waals surface area (Å²) in [5, 5.41) is 3.20. The van der Waals surface area contributed by atoms with E-state index in [4.69, 9.17) is 0 Å². The second-order valence-corrected chi connectivity index (χ2v) is 3.48. The van der Waals surface area contributed by atoms with E-state index in [0.717, 1.165) is 32.2 Å². The maximum atomic E-state index is 13.2. The van der Waals surface area contributed by atoms with Crippen LogP contribution in [0.3, 0.4) is 0 Å². The van der Waals surface area contributed by atoms with Gasteiger partial charge in [0, 0.05) is 6.04 Å². The molecule has 1 nitrogen and oxygen atoms in total. The smallest absolute Gasteiger partial charge is 0.118 e. The summed E-state index contributed by atoms with van der Waals surface area (Å²) >= 11 is 0. The van der Waals surface area contributed by atoms with E-state index in [2.05, 4.69) is 5.32 Å². The lowest BCUT2D eigenvalue weighted by Crippen LogP contribution is -2.33. The highest BCUT2D eigenvalue weighted by Gasteiger charge is 2.37. The molecular weight excluding hydrogens is 129 g/mol. The average Bonchev–Trinajstić information content (AvgIpc) is 2.65. The van der Waals surface area contributed by atoms with Crippen molar-refractivity contribution in [2.24, 2.45) is 5.92 Å². The number of nitrogens with one attached hydrogen (secondary N) is 1. The highest BCUT2D eigenvalue weighted by atomic mass is 19.1. The topological polar surface area (TPSA) is 12.0 Å². The third-order valence-corrected chi connectivity index (χ3v) is 2.56. The predicted molar refractivity (Wildman–Crippen MR) is 38.6 cm³/mol. The van der Waals surface area contributed by atoms with Crippen LogP contribution in [0.5, 0.6) is 0 Å². The van der Waals surface area contributed by atoms with Gasteiger partial charge in [-0.25, -0.2) is 4.39 Å². The summed E-state index contributed by atoms with van der Waals surface area (Å²) in [7, 11) is 0. The largest absolute Gasteiger partial charge is 0.311 e. The van der Waals surface area contributed by atoms with E-state index in [0.29, 0.717) is 5.92 Å². The zero-order valence-electron chi connectivity index (χ0n) is 6.15. The summed E-state index contributed by atoms with van der Waals surface area (Å²) in [5.74, 6) is 0.413. The second kappa shape index (κ2) is 2.50. The minimum atomic E-state index is -0.539. The molecule has 10 heavy (non-hydrogen) atoms. The highest BCUT2D eigenvalue weighted by molar-refractivity contribution is 4.91. The summed E-state index contributed by atoms with van der Waals surface area (Å²) in [6.45, 7) is 1.03. The maximum absolute atomic E-state index is 13.2. The van der Waals surface area contributed by atoms with Gasteiger partial charge in [-0.15, -0.1) is 0 Å². The third kappa shape index (κ3) is 1.17. The van der Waals surface area contributed by atoms with E-state index in [-0.39, 0.29) is 6.04 Å². The maximum Gasteiger partial charge on any atom is 0.118 e. The van der Waals surface area contributed by atoms with Gasteiger partial charge in [0.1, 0.15) is 6.17 Å². The van der Waals surface area contributed by atoms with E-state index >= 15 is 0 Å². The Bertz CT molecular complexity index is 116. The van der Waals surface area contributed by atoms with Crippen LogP contribution in [0.1, 0.15) is 25.7 Å². The summed E-state index contributed by atoms with van der Waals surface area (Å²) < 4.78 is 13.2. The molecular formula is C8H14FN. The minimum Gasteiger partial charge on any atom is -0.311 e. The quantitative estimate of drug-likeness (QED) is 0.617. The molecule has 1 saturated heterocycles. The van der Waals surface area contributed by atoms with Crippen molar-refractivity contribution in [3.8, 4) is 0 Å². The molecule has 2 unspecified atom stereocenters. The molecule has 0 spiro atoms. The van der Waals surface area contributed by atoms with E-state index in [9.17, 15) is 4.39 Å². The molecule has 2 aliphatic rings. The van der Waals surface area contributed by atoms with Crippen LogP contribution in [0.4, 0.5) is 4.39 Å². The number of rotatable bonds is 2. The fourth-order valence-electron chi connectivity index (χ4n) is 1.73. The Morgan fingerprint density at radius 2 is 2.10 bits per heavy atom. The standard InChI is InChI=1S/C8H14FN/c9-8(6-3-4-6)7-2-1-5-10-7/h6-8,10H,1-5H2. The Morgan fingerprint density at radius 3 is 2.60 bits per heavy atom. The van der Waals surface area contributed by atoms with Gasteiger partial charge in [0.05, 0.1) is 0 Å². The average molecular weight is 143 g/mol. The molecule has 0 aromatic carbocycles. The first-order chi connectivity index (χ1) is 4.88. The minimum absolute atomic E-state index is 0.201. The van der Waals surface area contributed by atoms with Gasteiger partial charge in [0.25, 0.3) is 0 Å². The van der Waals surface area contributed by atoms with Gasteiger partial charge < -0.3 is 5.32 Å². The highest BCUT2D eigenvalue weighted by Crippen LogP contribution is 2.37. The molecule has 0 amide bonds. The predicted octanol–water partition coefficient (Wildman–Crippen LogP) is 1.49. The lowest BCUT2D eigenvalue weighted by molar-refractivity contribution is 0.235. The first-order valence-electron chi connectivity index (χ1n) is 4.25. The van der Waals surface area contributed by atoms with Crippen LogP contribution in [0.2, 0.25) is 0 Å². The fourth-order valence-corrected chi connectivity index (χ4v) is 1.73. The number of alkyl halides is 1. The Morgan fingerprint density at radius 1 is 1.30 bits per heavy atom. The first-order valence-corrected chi connectivity index (χ1v) is 4.25. The van der Waals surface area contributed by atoms with Gasteiger partial charge in [-0.2, -0.15) is 0 Å². The number of hydrogen-bond donors (Lipinski definition) is 1. The lowest BCUT2D eigenvalue weighted by Gasteiger charge is -2.14. The van der Waals surface area contributed by atoms with Gasteiger partial charge in [-0.3, -0.25) is 0 Å². The van der Waals surface area contributed by atoms with Crippen molar-refractivity contribution >= 4 is 0 Å². The van der Waals surface area contributed by atoms with Crippen LogP contribution in [0, 0.1) is 5.92 Å². The fraction of sp³-hybridized carbons (Fsp3) is 1.00. The summed E-state index contributed by atoms with van der Waals surface area (Å²) in [4.78, 5) is 0. The first kappa shape index (κ1) is 6.59. The summed E-state index contributed by atoms with van der Waals surface area (Å²) in [5.41, 5.74) is 0. The van der Waals surface area contributed by atoms with E-state index in [1.807, 2.05) is 0 Å². The van der Waals surface area contributed by atoms with Crippen molar-refractivity contribution in [1.82, 2.24) is 5.32 Å². The number of hydrogen-bond acceptors (Lipinski definition) is 1. The van der Waals surface area contributed by atoms with Crippen molar-refractivity contribution in [2.75, 3.05) is 6.54 Å². The van der Waals surface area contributed by atoms with E-state index in [1.165, 1.54) is 0 Å². The van der Waals surface area contributed by atoms with Gasteiger partial charge in [-0.1, -0.05) is 0 Å². The zero-order valence-corrected chi connectivity index (χ0v) is 6.15. The Kier molecular flexibility index (Phi) is 1.65. The van der Waals surface area contributed by atoms with Crippen LogP contribution in [-0.2, 0) is 0 Å². The molecule has 1 saturated carbocycles. The van der Waals surface area contributed by atoms with Crippen molar-refractivity contribution in [1.29, 1.82) is 0 Å². The summed E-state index contributed by atoms with van der Waals surface area (Å²) in [6, 6.07) is 0.201.